The Morgan fingerprint density at radius 2 is 1.46 bits per heavy atom. The Labute approximate surface area is 227 Å². The van der Waals surface area contributed by atoms with Gasteiger partial charge in [0.1, 0.15) is 10.6 Å². The first-order valence-corrected chi connectivity index (χ1v) is 13.6. The smallest absolute Gasteiger partial charge is 0.299 e. The van der Waals surface area contributed by atoms with Gasteiger partial charge in [0.25, 0.3) is 10.1 Å². The lowest BCUT2D eigenvalue weighted by molar-refractivity contribution is 0.397. The number of rotatable bonds is 9. The number of phenolic OH excluding ortho intramolecular Hbond substituents is 1. The highest BCUT2D eigenvalue weighted by molar-refractivity contribution is 7.87. The fourth-order valence-electron chi connectivity index (χ4n) is 3.86. The highest BCUT2D eigenvalue weighted by Gasteiger charge is 2.24. The average Bonchev–Trinajstić information content (AvgIpc) is 2.96. The molecule has 0 heterocycles. The number of azo groups is 2. The van der Waals surface area contributed by atoms with Crippen LogP contribution >= 0.6 is 0 Å². The van der Waals surface area contributed by atoms with Gasteiger partial charge >= 0.3 is 0 Å². The minimum atomic E-state index is -4.18. The van der Waals surface area contributed by atoms with Gasteiger partial charge in [-0.1, -0.05) is 36.4 Å². The van der Waals surface area contributed by atoms with Crippen molar-refractivity contribution in [2.24, 2.45) is 20.5 Å². The van der Waals surface area contributed by atoms with Crippen LogP contribution < -0.4 is 4.90 Å². The number of phenols is 1. The van der Waals surface area contributed by atoms with Crippen LogP contribution in [0.5, 0.6) is 5.75 Å². The predicted molar refractivity (Wildman–Crippen MR) is 155 cm³/mol. The number of anilines is 1. The summed E-state index contributed by atoms with van der Waals surface area (Å²) in [7, 11) is 0.440. The second-order valence-corrected chi connectivity index (χ2v) is 10.3. The van der Waals surface area contributed by atoms with Crippen molar-refractivity contribution in [2.75, 3.05) is 32.6 Å². The molecule has 0 bridgehead atoms. The van der Waals surface area contributed by atoms with Crippen molar-refractivity contribution in [2.45, 2.75) is 11.8 Å². The molecule has 4 aromatic carbocycles. The van der Waals surface area contributed by atoms with Gasteiger partial charge in [-0.25, -0.2) is 0 Å². The van der Waals surface area contributed by atoms with Gasteiger partial charge in [0, 0.05) is 31.7 Å². The van der Waals surface area contributed by atoms with Crippen LogP contribution in [0.4, 0.5) is 22.7 Å². The first-order chi connectivity index (χ1) is 18.7. The molecule has 0 aliphatic heterocycles. The summed E-state index contributed by atoms with van der Waals surface area (Å²) in [6.07, 6.45) is 3.93. The summed E-state index contributed by atoms with van der Waals surface area (Å²) in [5.74, 6) is -0.288. The van der Waals surface area contributed by atoms with Crippen LogP contribution in [0.3, 0.4) is 0 Å². The predicted octanol–water partition coefficient (Wildman–Crippen LogP) is 7.64. The van der Waals surface area contributed by atoms with Crippen LogP contribution in [-0.2, 0) is 14.3 Å². The molecular weight excluding hydrogens is 514 g/mol. The maximum absolute atomic E-state index is 12.7. The molecule has 0 aliphatic rings. The van der Waals surface area contributed by atoms with Gasteiger partial charge in [0.15, 0.2) is 5.75 Å². The quantitative estimate of drug-likeness (QED) is 0.132. The zero-order valence-electron chi connectivity index (χ0n) is 22.1. The minimum absolute atomic E-state index is 0.184. The molecule has 200 valence electrons. The summed E-state index contributed by atoms with van der Waals surface area (Å²) >= 11 is 0. The molecule has 39 heavy (non-hydrogen) atoms. The van der Waals surface area contributed by atoms with E-state index < -0.39 is 10.1 Å². The van der Waals surface area contributed by atoms with E-state index in [4.69, 9.17) is 4.18 Å². The Kier molecular flexibility index (Phi) is 8.48. The summed E-state index contributed by atoms with van der Waals surface area (Å²) in [6.45, 7) is 2.77. The van der Waals surface area contributed by atoms with E-state index in [0.29, 0.717) is 16.5 Å². The van der Waals surface area contributed by atoms with Gasteiger partial charge in [-0.05, 0) is 72.0 Å². The third kappa shape index (κ3) is 6.36. The van der Waals surface area contributed by atoms with Crippen LogP contribution in [0.2, 0.25) is 0 Å². The normalized spacial score (nSPS) is 12.3. The molecule has 0 spiro atoms. The molecule has 0 atom stereocenters. The molecule has 0 fully saturated rings. The number of nitrogens with zero attached hydrogens (tertiary/aromatic N) is 5. The Hall–Kier alpha value is -4.41. The third-order valence-electron chi connectivity index (χ3n) is 6.17. The van der Waals surface area contributed by atoms with Crippen molar-refractivity contribution in [1.82, 2.24) is 0 Å². The maximum Gasteiger partial charge on any atom is 0.299 e. The van der Waals surface area contributed by atoms with Gasteiger partial charge < -0.3 is 10.0 Å². The van der Waals surface area contributed by atoms with Gasteiger partial charge in [-0.3, -0.25) is 4.18 Å². The molecule has 1 N–H and O–H groups in total. The van der Waals surface area contributed by atoms with Crippen molar-refractivity contribution in [1.29, 1.82) is 0 Å². The van der Waals surface area contributed by atoms with Crippen LogP contribution in [0.15, 0.2) is 98.1 Å². The summed E-state index contributed by atoms with van der Waals surface area (Å²) in [6, 6.07) is 21.8. The molecule has 0 saturated heterocycles. The molecular formula is C29H29N5O4S. The van der Waals surface area contributed by atoms with Crippen LogP contribution in [0, 0.1) is 0 Å². The van der Waals surface area contributed by atoms with Crippen molar-refractivity contribution < 1.29 is 17.7 Å². The number of benzene rings is 4. The zero-order valence-corrected chi connectivity index (χ0v) is 22.9. The molecule has 0 saturated carbocycles. The monoisotopic (exact) mass is 543 g/mol. The lowest BCUT2D eigenvalue weighted by atomic mass is 10.1. The first-order valence-electron chi connectivity index (χ1n) is 12.2. The highest BCUT2D eigenvalue weighted by Crippen LogP contribution is 2.42. The third-order valence-corrected chi connectivity index (χ3v) is 7.46. The van der Waals surface area contributed by atoms with Crippen LogP contribution in [0.1, 0.15) is 18.1 Å². The molecule has 0 radical (unpaired) electrons. The lowest BCUT2D eigenvalue weighted by Crippen LogP contribution is -2.15. The SMILES string of the molecule is CCN(C)c1ccc2c(O)c(N=Nc3ccc(C=Cc4ccc(N=NC)cc4)cc3)c(S(=O)(=O)OC)cc2c1. The van der Waals surface area contributed by atoms with E-state index in [2.05, 4.69) is 20.5 Å². The van der Waals surface area contributed by atoms with E-state index in [-0.39, 0.29) is 16.3 Å². The van der Waals surface area contributed by atoms with Crippen molar-refractivity contribution in [3.05, 3.63) is 83.9 Å². The Balaban J connectivity index is 1.63. The van der Waals surface area contributed by atoms with Gasteiger partial charge in [-0.2, -0.15) is 23.8 Å². The van der Waals surface area contributed by atoms with Gasteiger partial charge in [-0.15, -0.1) is 5.11 Å². The largest absolute Gasteiger partial charge is 0.505 e. The zero-order chi connectivity index (χ0) is 28.0. The summed E-state index contributed by atoms with van der Waals surface area (Å²) < 4.78 is 30.2. The average molecular weight is 544 g/mol. The maximum atomic E-state index is 12.7. The minimum Gasteiger partial charge on any atom is -0.505 e. The second-order valence-electron chi connectivity index (χ2n) is 8.63. The molecule has 0 aliphatic carbocycles. The van der Waals surface area contributed by atoms with Gasteiger partial charge in [0.2, 0.25) is 0 Å². The number of fused-ring (bicyclic) bond motifs is 1. The molecule has 4 rings (SSSR count). The van der Waals surface area contributed by atoms with Gasteiger partial charge in [0.05, 0.1) is 18.5 Å². The fraction of sp³-hybridized carbons (Fsp3) is 0.172. The molecule has 0 aromatic heterocycles. The molecule has 4 aromatic rings. The lowest BCUT2D eigenvalue weighted by Gasteiger charge is -2.18. The highest BCUT2D eigenvalue weighted by atomic mass is 32.2. The fourth-order valence-corrected chi connectivity index (χ4v) is 4.68. The van der Waals surface area contributed by atoms with Crippen molar-refractivity contribution in [3.8, 4) is 5.75 Å². The Morgan fingerprint density at radius 3 is 2.00 bits per heavy atom. The standard InChI is InChI=1S/C29H29N5O4S/c1-5-34(3)25-16-17-26-22(18-25)19-27(39(36,37)38-4)28(29(26)35)33-32-24-14-10-21(11-15-24)7-6-20-8-12-23(13-9-20)31-30-2/h6-19,35H,5H2,1-4H3. The number of aromatic hydroxyl groups is 1. The molecule has 9 nitrogen and oxygen atoms in total. The van der Waals surface area contributed by atoms with Crippen molar-refractivity contribution in [3.63, 3.8) is 0 Å². The summed E-state index contributed by atoms with van der Waals surface area (Å²) in [4.78, 5) is 1.74. The summed E-state index contributed by atoms with van der Waals surface area (Å²) in [5.41, 5.74) is 3.93. The van der Waals surface area contributed by atoms with E-state index in [0.717, 1.165) is 36.2 Å². The molecule has 10 heteroatoms. The second kappa shape index (κ2) is 12.0. The summed E-state index contributed by atoms with van der Waals surface area (Å²) in [5, 5.41) is 28.1. The first kappa shape index (κ1) is 27.6. The van der Waals surface area contributed by atoms with E-state index in [1.807, 2.05) is 79.6 Å². The van der Waals surface area contributed by atoms with E-state index in [9.17, 15) is 13.5 Å². The van der Waals surface area contributed by atoms with E-state index in [1.54, 1.807) is 25.2 Å². The molecule has 0 amide bonds. The molecule has 0 unspecified atom stereocenters. The Bertz CT molecular complexity index is 1660. The van der Waals surface area contributed by atoms with Crippen LogP contribution in [-0.4, -0.2) is 41.3 Å². The van der Waals surface area contributed by atoms with E-state index in [1.165, 1.54) is 6.07 Å². The number of hydrogen-bond acceptors (Lipinski definition) is 9. The van der Waals surface area contributed by atoms with E-state index >= 15 is 0 Å². The Morgan fingerprint density at radius 1 is 0.872 bits per heavy atom. The van der Waals surface area contributed by atoms with Crippen LogP contribution in [0.25, 0.3) is 22.9 Å². The number of hydrogen-bond donors (Lipinski definition) is 1. The topological polar surface area (TPSA) is 116 Å². The van der Waals surface area contributed by atoms with Crippen molar-refractivity contribution >= 4 is 55.8 Å².